The summed E-state index contributed by atoms with van der Waals surface area (Å²) in [6, 6.07) is 3.25. The SMILES string of the molecule is CC(C)NC(C)(C#N)CCCCSc1nnnn1C1CC1. The third kappa shape index (κ3) is 4.97. The summed E-state index contributed by atoms with van der Waals surface area (Å²) in [5.41, 5.74) is -0.422. The summed E-state index contributed by atoms with van der Waals surface area (Å²) in [5.74, 6) is 0.996. The van der Waals surface area contributed by atoms with E-state index in [1.54, 1.807) is 11.8 Å². The van der Waals surface area contributed by atoms with Gasteiger partial charge in [0, 0.05) is 11.8 Å². The smallest absolute Gasteiger partial charge is 0.209 e. The molecule has 0 spiro atoms. The van der Waals surface area contributed by atoms with Crippen molar-refractivity contribution in [3.63, 3.8) is 0 Å². The molecule has 6 nitrogen and oxygen atoms in total. The number of nitrogens with zero attached hydrogens (tertiary/aromatic N) is 5. The Labute approximate surface area is 130 Å². The Bertz CT molecular complexity index is 490. The van der Waals surface area contributed by atoms with Crippen LogP contribution in [0.4, 0.5) is 0 Å². The first-order chi connectivity index (χ1) is 10.0. The maximum atomic E-state index is 9.30. The van der Waals surface area contributed by atoms with Gasteiger partial charge in [-0.1, -0.05) is 11.8 Å². The first-order valence-corrected chi connectivity index (χ1v) is 8.62. The fourth-order valence-electron chi connectivity index (χ4n) is 2.37. The molecule has 1 aromatic heterocycles. The van der Waals surface area contributed by atoms with Crippen molar-refractivity contribution in [1.82, 2.24) is 25.5 Å². The van der Waals surface area contributed by atoms with Gasteiger partial charge in [-0.3, -0.25) is 5.32 Å². The van der Waals surface area contributed by atoms with Crippen molar-refractivity contribution in [2.75, 3.05) is 5.75 Å². The van der Waals surface area contributed by atoms with E-state index >= 15 is 0 Å². The van der Waals surface area contributed by atoms with Gasteiger partial charge in [-0.05, 0) is 63.3 Å². The van der Waals surface area contributed by atoms with Gasteiger partial charge in [-0.15, -0.1) is 5.10 Å². The zero-order valence-electron chi connectivity index (χ0n) is 13.0. The summed E-state index contributed by atoms with van der Waals surface area (Å²) in [6.07, 6.45) is 5.36. The molecule has 116 valence electrons. The highest BCUT2D eigenvalue weighted by Crippen LogP contribution is 2.36. The zero-order valence-corrected chi connectivity index (χ0v) is 13.9. The van der Waals surface area contributed by atoms with E-state index < -0.39 is 5.54 Å². The molecule has 0 bridgehead atoms. The van der Waals surface area contributed by atoms with E-state index in [4.69, 9.17) is 0 Å². The van der Waals surface area contributed by atoms with Crippen LogP contribution in [-0.4, -0.2) is 37.5 Å². The number of aromatic nitrogens is 4. The molecule has 0 saturated heterocycles. The number of nitriles is 1. The first kappa shape index (κ1) is 16.2. The Morgan fingerprint density at radius 1 is 1.48 bits per heavy atom. The first-order valence-electron chi connectivity index (χ1n) is 7.64. The predicted molar refractivity (Wildman–Crippen MR) is 83.0 cm³/mol. The van der Waals surface area contributed by atoms with Crippen LogP contribution in [0.2, 0.25) is 0 Å². The number of hydrogen-bond acceptors (Lipinski definition) is 6. The summed E-state index contributed by atoms with van der Waals surface area (Å²) in [5, 5.41) is 25.4. The Hall–Kier alpha value is -1.13. The lowest BCUT2D eigenvalue weighted by molar-refractivity contribution is 0.372. The molecule has 0 amide bonds. The molecule has 1 unspecified atom stereocenters. The predicted octanol–water partition coefficient (Wildman–Crippen LogP) is 2.55. The van der Waals surface area contributed by atoms with Gasteiger partial charge in [-0.2, -0.15) is 5.26 Å². The standard InChI is InChI=1S/C14H24N6S/c1-11(2)16-14(3,10-15)8-4-5-9-21-13-17-18-19-20(13)12-6-7-12/h11-12,16H,4-9H2,1-3H3. The van der Waals surface area contributed by atoms with Crippen LogP contribution in [0.5, 0.6) is 0 Å². The van der Waals surface area contributed by atoms with Gasteiger partial charge in [0.05, 0.1) is 12.1 Å². The van der Waals surface area contributed by atoms with Gasteiger partial charge in [0.2, 0.25) is 5.16 Å². The monoisotopic (exact) mass is 308 g/mol. The van der Waals surface area contributed by atoms with E-state index in [0.29, 0.717) is 12.1 Å². The summed E-state index contributed by atoms with van der Waals surface area (Å²) in [7, 11) is 0. The van der Waals surface area contributed by atoms with E-state index in [9.17, 15) is 5.26 Å². The highest BCUT2D eigenvalue weighted by Gasteiger charge is 2.28. The molecule has 1 atom stereocenters. The molecule has 1 heterocycles. The average Bonchev–Trinajstić information content (AvgIpc) is 3.17. The topological polar surface area (TPSA) is 79.4 Å². The minimum atomic E-state index is -0.422. The molecular weight excluding hydrogens is 284 g/mol. The molecule has 7 heteroatoms. The Morgan fingerprint density at radius 3 is 2.86 bits per heavy atom. The Kier molecular flexibility index (Phi) is 5.59. The molecule has 0 radical (unpaired) electrons. The molecule has 2 rings (SSSR count). The van der Waals surface area contributed by atoms with Crippen molar-refractivity contribution in [2.24, 2.45) is 0 Å². The largest absolute Gasteiger partial charge is 0.297 e. The fourth-order valence-corrected chi connectivity index (χ4v) is 3.31. The quantitative estimate of drug-likeness (QED) is 0.558. The molecule has 1 aliphatic carbocycles. The lowest BCUT2D eigenvalue weighted by Crippen LogP contribution is -2.44. The van der Waals surface area contributed by atoms with Crippen LogP contribution < -0.4 is 5.32 Å². The summed E-state index contributed by atoms with van der Waals surface area (Å²) >= 11 is 1.72. The van der Waals surface area contributed by atoms with Gasteiger partial charge in [0.15, 0.2) is 0 Å². The van der Waals surface area contributed by atoms with Crippen LogP contribution in [0.3, 0.4) is 0 Å². The maximum absolute atomic E-state index is 9.30. The van der Waals surface area contributed by atoms with Crippen molar-refractivity contribution in [3.05, 3.63) is 0 Å². The molecule has 1 fully saturated rings. The second-order valence-corrected chi connectivity index (χ2v) is 7.25. The number of nitrogens with one attached hydrogen (secondary N) is 1. The highest BCUT2D eigenvalue weighted by molar-refractivity contribution is 7.99. The summed E-state index contributed by atoms with van der Waals surface area (Å²) < 4.78 is 1.95. The van der Waals surface area contributed by atoms with Crippen LogP contribution in [0.25, 0.3) is 0 Å². The summed E-state index contributed by atoms with van der Waals surface area (Å²) in [4.78, 5) is 0. The second-order valence-electron chi connectivity index (χ2n) is 6.19. The van der Waals surface area contributed by atoms with Crippen molar-refractivity contribution in [1.29, 1.82) is 5.26 Å². The molecule has 1 aromatic rings. The van der Waals surface area contributed by atoms with Crippen LogP contribution >= 0.6 is 11.8 Å². The molecule has 1 aliphatic rings. The minimum Gasteiger partial charge on any atom is -0.297 e. The lowest BCUT2D eigenvalue weighted by atomic mass is 9.96. The molecule has 21 heavy (non-hydrogen) atoms. The van der Waals surface area contributed by atoms with Crippen LogP contribution in [0, 0.1) is 11.3 Å². The van der Waals surface area contributed by atoms with Gasteiger partial charge < -0.3 is 0 Å². The number of unbranched alkanes of at least 4 members (excludes halogenated alkanes) is 1. The number of tetrazole rings is 1. The third-order valence-electron chi connectivity index (χ3n) is 3.51. The maximum Gasteiger partial charge on any atom is 0.209 e. The Balaban J connectivity index is 1.67. The molecule has 1 saturated carbocycles. The number of hydrogen-bond donors (Lipinski definition) is 1. The summed E-state index contributed by atoms with van der Waals surface area (Å²) in [6.45, 7) is 6.13. The number of thioether (sulfide) groups is 1. The second kappa shape index (κ2) is 7.23. The van der Waals surface area contributed by atoms with Gasteiger partial charge in [0.25, 0.3) is 0 Å². The Morgan fingerprint density at radius 2 is 2.24 bits per heavy atom. The van der Waals surface area contributed by atoms with E-state index in [0.717, 1.165) is 30.2 Å². The normalized spacial score (nSPS) is 17.7. The van der Waals surface area contributed by atoms with Crippen molar-refractivity contribution in [2.45, 2.75) is 75.7 Å². The van der Waals surface area contributed by atoms with Crippen LogP contribution in [0.1, 0.15) is 58.9 Å². The third-order valence-corrected chi connectivity index (χ3v) is 4.53. The average molecular weight is 308 g/mol. The zero-order chi connectivity index (χ0) is 15.3. The van der Waals surface area contributed by atoms with Crippen molar-refractivity contribution in [3.8, 4) is 6.07 Å². The van der Waals surface area contributed by atoms with Crippen molar-refractivity contribution >= 4 is 11.8 Å². The van der Waals surface area contributed by atoms with Crippen molar-refractivity contribution < 1.29 is 0 Å². The molecular formula is C14H24N6S. The lowest BCUT2D eigenvalue weighted by Gasteiger charge is -2.25. The number of rotatable bonds is 9. The molecule has 0 aromatic carbocycles. The van der Waals surface area contributed by atoms with Crippen LogP contribution in [-0.2, 0) is 0 Å². The van der Waals surface area contributed by atoms with Crippen LogP contribution in [0.15, 0.2) is 5.16 Å². The highest BCUT2D eigenvalue weighted by atomic mass is 32.2. The van der Waals surface area contributed by atoms with E-state index in [-0.39, 0.29) is 0 Å². The van der Waals surface area contributed by atoms with E-state index in [1.165, 1.54) is 12.8 Å². The van der Waals surface area contributed by atoms with E-state index in [2.05, 4.69) is 40.8 Å². The van der Waals surface area contributed by atoms with Gasteiger partial charge in [0.1, 0.15) is 5.54 Å². The fraction of sp³-hybridized carbons (Fsp3) is 0.857. The molecule has 0 aliphatic heterocycles. The van der Waals surface area contributed by atoms with Gasteiger partial charge >= 0.3 is 0 Å². The van der Waals surface area contributed by atoms with Gasteiger partial charge in [-0.25, -0.2) is 4.68 Å². The van der Waals surface area contributed by atoms with E-state index in [1.807, 2.05) is 11.6 Å². The minimum absolute atomic E-state index is 0.326. The molecule has 1 N–H and O–H groups in total.